The van der Waals surface area contributed by atoms with E-state index in [0.29, 0.717) is 12.1 Å². The minimum atomic E-state index is -5.05. The summed E-state index contributed by atoms with van der Waals surface area (Å²) in [6.07, 6.45) is -11.0. The molecule has 1 heterocycles. The fraction of sp³-hybridized carbons (Fsp3) is 0.417. The molecular weight excluding hydrogens is 492 g/mol. The third kappa shape index (κ3) is 5.85. The van der Waals surface area contributed by atoms with Gasteiger partial charge in [-0.05, 0) is 37.1 Å². The van der Waals surface area contributed by atoms with E-state index < -0.39 is 53.3 Å². The van der Waals surface area contributed by atoms with Crippen LogP contribution < -0.4 is 4.90 Å². The standard InChI is InChI=1S/C24H25F6N3O3/c1-14-4-6-15(7-5-14)19-13-33(22(35)36)9-8-20(19)32(3)21(34)31(2)18-11-16(23(25,26)27)10-17(12-18)24(28,29)30/h4-7,10-12,19-20H,8-9,13H2,1-3H3,(H,35,36)/t19-,20+/m0/s1. The van der Waals surface area contributed by atoms with Gasteiger partial charge in [0.25, 0.3) is 0 Å². The molecule has 1 saturated heterocycles. The fourth-order valence-corrected chi connectivity index (χ4v) is 4.34. The SMILES string of the molecule is Cc1ccc([C@@H]2CN(C(=O)O)CC[C@H]2N(C)C(=O)N(C)c2cc(C(F)(F)F)cc(C(F)(F)F)c2)cc1. The Labute approximate surface area is 203 Å². The van der Waals surface area contributed by atoms with Gasteiger partial charge >= 0.3 is 24.5 Å². The summed E-state index contributed by atoms with van der Waals surface area (Å²) in [5.41, 5.74) is -1.89. The maximum Gasteiger partial charge on any atom is 0.416 e. The Balaban J connectivity index is 1.95. The van der Waals surface area contributed by atoms with Gasteiger partial charge in [-0.25, -0.2) is 9.59 Å². The van der Waals surface area contributed by atoms with E-state index in [4.69, 9.17) is 0 Å². The van der Waals surface area contributed by atoms with Crippen LogP contribution in [-0.4, -0.2) is 60.3 Å². The molecule has 2 atom stereocenters. The highest BCUT2D eigenvalue weighted by Gasteiger charge is 2.40. The highest BCUT2D eigenvalue weighted by Crippen LogP contribution is 2.39. The third-order valence-electron chi connectivity index (χ3n) is 6.40. The molecule has 0 unspecified atom stereocenters. The van der Waals surface area contributed by atoms with Crippen LogP contribution in [0.15, 0.2) is 42.5 Å². The number of nitrogens with zero attached hydrogens (tertiary/aromatic N) is 3. The lowest BCUT2D eigenvalue weighted by Crippen LogP contribution is -2.54. The molecule has 196 valence electrons. The highest BCUT2D eigenvalue weighted by molar-refractivity contribution is 5.92. The van der Waals surface area contributed by atoms with E-state index in [9.17, 15) is 41.0 Å². The number of carbonyl (C=O) groups excluding carboxylic acids is 1. The van der Waals surface area contributed by atoms with Crippen LogP contribution in [0.3, 0.4) is 0 Å². The first-order valence-electron chi connectivity index (χ1n) is 10.9. The van der Waals surface area contributed by atoms with Crippen molar-refractivity contribution in [2.45, 2.75) is 37.7 Å². The molecule has 0 aliphatic carbocycles. The second-order valence-electron chi connectivity index (χ2n) is 8.82. The van der Waals surface area contributed by atoms with Crippen molar-refractivity contribution in [1.82, 2.24) is 9.80 Å². The number of hydrogen-bond donors (Lipinski definition) is 1. The third-order valence-corrected chi connectivity index (χ3v) is 6.40. The first kappa shape index (κ1) is 27.2. The molecule has 3 rings (SSSR count). The van der Waals surface area contributed by atoms with Gasteiger partial charge in [0.1, 0.15) is 0 Å². The highest BCUT2D eigenvalue weighted by atomic mass is 19.4. The van der Waals surface area contributed by atoms with Gasteiger partial charge in [0.05, 0.1) is 11.1 Å². The first-order chi connectivity index (χ1) is 16.6. The van der Waals surface area contributed by atoms with Crippen molar-refractivity contribution in [3.63, 3.8) is 0 Å². The van der Waals surface area contributed by atoms with Gasteiger partial charge in [0.2, 0.25) is 0 Å². The molecule has 36 heavy (non-hydrogen) atoms. The molecule has 2 aromatic rings. The molecule has 0 radical (unpaired) electrons. The zero-order chi connectivity index (χ0) is 27.0. The number of hydrogen-bond acceptors (Lipinski definition) is 2. The van der Waals surface area contributed by atoms with Crippen LogP contribution in [-0.2, 0) is 12.4 Å². The van der Waals surface area contributed by atoms with Crippen molar-refractivity contribution < 1.29 is 41.0 Å². The minimum absolute atomic E-state index is 0.000571. The van der Waals surface area contributed by atoms with Gasteiger partial charge in [0.15, 0.2) is 0 Å². The first-order valence-corrected chi connectivity index (χ1v) is 10.9. The molecular formula is C24H25F6N3O3. The predicted octanol–water partition coefficient (Wildman–Crippen LogP) is 6.06. The van der Waals surface area contributed by atoms with Crippen molar-refractivity contribution >= 4 is 17.8 Å². The molecule has 0 bridgehead atoms. The van der Waals surface area contributed by atoms with E-state index in [1.165, 1.54) is 16.8 Å². The number of urea groups is 1. The van der Waals surface area contributed by atoms with E-state index in [1.807, 2.05) is 31.2 Å². The zero-order valence-corrected chi connectivity index (χ0v) is 19.7. The lowest BCUT2D eigenvalue weighted by molar-refractivity contribution is -0.143. The van der Waals surface area contributed by atoms with Crippen LogP contribution >= 0.6 is 0 Å². The number of aryl methyl sites for hydroxylation is 1. The average Bonchev–Trinajstić information content (AvgIpc) is 2.81. The summed E-state index contributed by atoms with van der Waals surface area (Å²) >= 11 is 0. The molecule has 0 saturated carbocycles. The summed E-state index contributed by atoms with van der Waals surface area (Å²) in [7, 11) is 2.50. The number of piperidine rings is 1. The van der Waals surface area contributed by atoms with Crippen LogP contribution in [0.25, 0.3) is 0 Å². The van der Waals surface area contributed by atoms with Gasteiger partial charge in [0, 0.05) is 44.8 Å². The summed E-state index contributed by atoms with van der Waals surface area (Å²) in [5, 5.41) is 9.45. The maximum atomic E-state index is 13.3. The lowest BCUT2D eigenvalue weighted by atomic mass is 9.85. The normalized spacial score (nSPS) is 18.6. The van der Waals surface area contributed by atoms with Gasteiger partial charge < -0.3 is 14.9 Å². The Morgan fingerprint density at radius 3 is 1.94 bits per heavy atom. The maximum absolute atomic E-state index is 13.3. The number of rotatable bonds is 3. The fourth-order valence-electron chi connectivity index (χ4n) is 4.34. The minimum Gasteiger partial charge on any atom is -0.465 e. The molecule has 1 aliphatic heterocycles. The molecule has 2 aromatic carbocycles. The van der Waals surface area contributed by atoms with Crippen molar-refractivity contribution in [3.8, 4) is 0 Å². The van der Waals surface area contributed by atoms with E-state index in [-0.39, 0.29) is 25.6 Å². The van der Waals surface area contributed by atoms with Crippen molar-refractivity contribution in [2.24, 2.45) is 0 Å². The summed E-state index contributed by atoms with van der Waals surface area (Å²) in [6.45, 7) is 2.07. The Morgan fingerprint density at radius 1 is 0.944 bits per heavy atom. The Morgan fingerprint density at radius 2 is 1.47 bits per heavy atom. The second-order valence-corrected chi connectivity index (χ2v) is 8.82. The van der Waals surface area contributed by atoms with E-state index in [0.717, 1.165) is 23.1 Å². The molecule has 1 aliphatic rings. The number of likely N-dealkylation sites (tertiary alicyclic amines) is 1. The number of alkyl halides is 6. The topological polar surface area (TPSA) is 64.1 Å². The molecule has 1 N–H and O–H groups in total. The Bertz CT molecular complexity index is 1090. The Kier molecular flexibility index (Phi) is 7.47. The van der Waals surface area contributed by atoms with Gasteiger partial charge in [-0.2, -0.15) is 26.3 Å². The summed E-state index contributed by atoms with van der Waals surface area (Å²) in [6, 6.07) is 6.89. The van der Waals surface area contributed by atoms with E-state index in [1.54, 1.807) is 0 Å². The lowest BCUT2D eigenvalue weighted by Gasteiger charge is -2.43. The number of benzene rings is 2. The number of likely N-dealkylation sites (N-methyl/N-ethyl adjacent to an activating group) is 1. The Hall–Kier alpha value is -3.44. The van der Waals surface area contributed by atoms with Gasteiger partial charge in [-0.3, -0.25) is 4.90 Å². The molecule has 1 fully saturated rings. The predicted molar refractivity (Wildman–Crippen MR) is 120 cm³/mol. The average molecular weight is 517 g/mol. The zero-order valence-electron chi connectivity index (χ0n) is 19.7. The van der Waals surface area contributed by atoms with Crippen LogP contribution in [0.2, 0.25) is 0 Å². The summed E-state index contributed by atoms with van der Waals surface area (Å²) in [4.78, 5) is 28.0. The molecule has 6 nitrogen and oxygen atoms in total. The van der Waals surface area contributed by atoms with E-state index >= 15 is 0 Å². The molecule has 0 aromatic heterocycles. The smallest absolute Gasteiger partial charge is 0.416 e. The van der Waals surface area contributed by atoms with Crippen molar-refractivity contribution in [1.29, 1.82) is 0 Å². The van der Waals surface area contributed by atoms with Gasteiger partial charge in [-0.1, -0.05) is 29.8 Å². The summed E-state index contributed by atoms with van der Waals surface area (Å²) in [5.74, 6) is -0.454. The second kappa shape index (κ2) is 9.90. The quantitative estimate of drug-likeness (QED) is 0.504. The summed E-state index contributed by atoms with van der Waals surface area (Å²) < 4.78 is 79.7. The molecule has 3 amide bonds. The monoisotopic (exact) mass is 517 g/mol. The number of amides is 3. The van der Waals surface area contributed by atoms with Gasteiger partial charge in [-0.15, -0.1) is 0 Å². The van der Waals surface area contributed by atoms with Crippen molar-refractivity contribution in [2.75, 3.05) is 32.1 Å². The van der Waals surface area contributed by atoms with E-state index in [2.05, 4.69) is 0 Å². The number of halogens is 6. The van der Waals surface area contributed by atoms with Crippen LogP contribution in [0.4, 0.5) is 41.6 Å². The number of anilines is 1. The number of carbonyl (C=O) groups is 2. The van der Waals surface area contributed by atoms with Crippen LogP contribution in [0.1, 0.15) is 34.6 Å². The number of carboxylic acid groups (broad SMARTS) is 1. The largest absolute Gasteiger partial charge is 0.465 e. The molecule has 0 spiro atoms. The molecule has 12 heteroatoms. The van der Waals surface area contributed by atoms with Crippen LogP contribution in [0, 0.1) is 6.92 Å². The van der Waals surface area contributed by atoms with Crippen molar-refractivity contribution in [3.05, 3.63) is 64.7 Å². The van der Waals surface area contributed by atoms with Crippen LogP contribution in [0.5, 0.6) is 0 Å².